The predicted octanol–water partition coefficient (Wildman–Crippen LogP) is 3.13. The van der Waals surface area contributed by atoms with E-state index < -0.39 is 11.9 Å². The first kappa shape index (κ1) is 10.3. The van der Waals surface area contributed by atoms with Crippen LogP contribution in [0.1, 0.15) is 29.5 Å². The van der Waals surface area contributed by atoms with E-state index in [1.165, 1.54) is 16.5 Å². The first-order valence-corrected chi connectivity index (χ1v) is 5.94. The topological polar surface area (TPSA) is 37.3 Å². The lowest BCUT2D eigenvalue weighted by atomic mass is 9.92. The lowest BCUT2D eigenvalue weighted by Gasteiger charge is -2.12. The summed E-state index contributed by atoms with van der Waals surface area (Å²) < 4.78 is 0. The number of rotatable bonds is 2. The van der Waals surface area contributed by atoms with E-state index in [0.717, 1.165) is 23.8 Å². The molecule has 1 N–H and O–H groups in total. The second-order valence-corrected chi connectivity index (χ2v) is 4.71. The van der Waals surface area contributed by atoms with Crippen LogP contribution in [0.15, 0.2) is 30.3 Å². The first-order valence-electron chi connectivity index (χ1n) is 5.94. The molecule has 0 heterocycles. The normalized spacial score (nSPS) is 15.1. The zero-order valence-electron chi connectivity index (χ0n) is 9.73. The molecule has 2 aromatic rings. The quantitative estimate of drug-likeness (QED) is 0.854. The van der Waals surface area contributed by atoms with Crippen LogP contribution in [0.25, 0.3) is 10.8 Å². The van der Waals surface area contributed by atoms with Gasteiger partial charge in [0.1, 0.15) is 0 Å². The van der Waals surface area contributed by atoms with Crippen molar-refractivity contribution in [3.63, 3.8) is 0 Å². The lowest BCUT2D eigenvalue weighted by molar-refractivity contribution is -0.138. The highest BCUT2D eigenvalue weighted by atomic mass is 16.4. The summed E-state index contributed by atoms with van der Waals surface area (Å²) in [5.41, 5.74) is 3.65. The molecular weight excluding hydrogens is 212 g/mol. The molecule has 2 heteroatoms. The van der Waals surface area contributed by atoms with Gasteiger partial charge in [0.05, 0.1) is 5.92 Å². The molecule has 1 unspecified atom stereocenters. The molecule has 0 saturated heterocycles. The monoisotopic (exact) mass is 226 g/mol. The van der Waals surface area contributed by atoms with Gasteiger partial charge in [0, 0.05) is 0 Å². The first-order chi connectivity index (χ1) is 8.18. The summed E-state index contributed by atoms with van der Waals surface area (Å²) in [6.45, 7) is 1.75. The molecule has 3 rings (SSSR count). The van der Waals surface area contributed by atoms with E-state index in [-0.39, 0.29) is 0 Å². The molecule has 2 nitrogen and oxygen atoms in total. The van der Waals surface area contributed by atoms with E-state index in [0.29, 0.717) is 0 Å². The summed E-state index contributed by atoms with van der Waals surface area (Å²) in [6, 6.07) is 10.3. The molecule has 17 heavy (non-hydrogen) atoms. The molecule has 1 aliphatic carbocycles. The average Bonchev–Trinajstić information content (AvgIpc) is 2.74. The number of carbonyl (C=O) groups is 1. The highest BCUT2D eigenvalue weighted by Crippen LogP contribution is 2.35. The predicted molar refractivity (Wildman–Crippen MR) is 67.4 cm³/mol. The third-order valence-electron chi connectivity index (χ3n) is 3.75. The van der Waals surface area contributed by atoms with Crippen LogP contribution in [0.3, 0.4) is 0 Å². The van der Waals surface area contributed by atoms with Crippen molar-refractivity contribution < 1.29 is 9.90 Å². The Hall–Kier alpha value is -1.83. The highest BCUT2D eigenvalue weighted by molar-refractivity contribution is 5.96. The van der Waals surface area contributed by atoms with Crippen LogP contribution in [-0.2, 0) is 17.6 Å². The Morgan fingerprint density at radius 3 is 2.59 bits per heavy atom. The van der Waals surface area contributed by atoms with Gasteiger partial charge in [0.2, 0.25) is 0 Å². The maximum Gasteiger partial charge on any atom is 0.310 e. The van der Waals surface area contributed by atoms with Crippen LogP contribution < -0.4 is 0 Å². The van der Waals surface area contributed by atoms with Gasteiger partial charge in [-0.1, -0.05) is 30.3 Å². The molecule has 86 valence electrons. The van der Waals surface area contributed by atoms with Crippen molar-refractivity contribution >= 4 is 16.7 Å². The Bertz CT molecular complexity index is 603. The van der Waals surface area contributed by atoms with Gasteiger partial charge >= 0.3 is 5.97 Å². The SMILES string of the molecule is CC(C(=O)O)c1ccc2c3c(cccc13)CC2. The molecule has 1 aliphatic rings. The molecule has 1 atom stereocenters. The number of hydrogen-bond acceptors (Lipinski definition) is 1. The summed E-state index contributed by atoms with van der Waals surface area (Å²) >= 11 is 0. The minimum absolute atomic E-state index is 0.445. The van der Waals surface area contributed by atoms with Crippen molar-refractivity contribution in [2.24, 2.45) is 0 Å². The molecule has 0 bridgehead atoms. The average molecular weight is 226 g/mol. The van der Waals surface area contributed by atoms with Gasteiger partial charge in [-0.3, -0.25) is 4.79 Å². The zero-order valence-corrected chi connectivity index (χ0v) is 9.73. The van der Waals surface area contributed by atoms with E-state index >= 15 is 0 Å². The maximum atomic E-state index is 11.1. The van der Waals surface area contributed by atoms with Crippen molar-refractivity contribution in [2.75, 3.05) is 0 Å². The molecular formula is C15H14O2. The van der Waals surface area contributed by atoms with Crippen LogP contribution >= 0.6 is 0 Å². The third kappa shape index (κ3) is 1.44. The molecule has 0 amide bonds. The van der Waals surface area contributed by atoms with E-state index in [2.05, 4.69) is 12.1 Å². The summed E-state index contributed by atoms with van der Waals surface area (Å²) in [4.78, 5) is 11.1. The van der Waals surface area contributed by atoms with E-state index in [1.54, 1.807) is 6.92 Å². The van der Waals surface area contributed by atoms with Gasteiger partial charge in [-0.15, -0.1) is 0 Å². The Morgan fingerprint density at radius 2 is 1.88 bits per heavy atom. The minimum Gasteiger partial charge on any atom is -0.481 e. The van der Waals surface area contributed by atoms with Gasteiger partial charge < -0.3 is 5.11 Å². The van der Waals surface area contributed by atoms with Gasteiger partial charge in [-0.05, 0) is 47.2 Å². The highest BCUT2D eigenvalue weighted by Gasteiger charge is 2.20. The summed E-state index contributed by atoms with van der Waals surface area (Å²) in [5, 5.41) is 11.6. The lowest BCUT2D eigenvalue weighted by Crippen LogP contribution is -2.08. The van der Waals surface area contributed by atoms with Crippen LogP contribution in [0.4, 0.5) is 0 Å². The minimum atomic E-state index is -0.760. The Morgan fingerprint density at radius 1 is 1.18 bits per heavy atom. The standard InChI is InChI=1S/C15H14O2/c1-9(15(16)17)12-8-7-11-6-5-10-3-2-4-13(12)14(10)11/h2-4,7-9H,5-6H2,1H3,(H,16,17). The Balaban J connectivity index is 2.32. The zero-order chi connectivity index (χ0) is 12.0. The number of benzene rings is 2. The van der Waals surface area contributed by atoms with E-state index in [9.17, 15) is 4.79 Å². The largest absolute Gasteiger partial charge is 0.481 e. The number of carboxylic acids is 1. The van der Waals surface area contributed by atoms with Crippen molar-refractivity contribution in [3.05, 3.63) is 47.0 Å². The summed E-state index contributed by atoms with van der Waals surface area (Å²) in [5.74, 6) is -1.20. The number of carboxylic acid groups (broad SMARTS) is 1. The molecule has 0 saturated carbocycles. The number of aliphatic carboxylic acids is 1. The Labute approximate surface area is 99.9 Å². The van der Waals surface area contributed by atoms with Crippen LogP contribution in [-0.4, -0.2) is 11.1 Å². The molecule has 0 spiro atoms. The fourth-order valence-electron chi connectivity index (χ4n) is 2.78. The van der Waals surface area contributed by atoms with Crippen molar-refractivity contribution in [3.8, 4) is 0 Å². The van der Waals surface area contributed by atoms with Crippen molar-refractivity contribution in [2.45, 2.75) is 25.7 Å². The van der Waals surface area contributed by atoms with Gasteiger partial charge in [0.25, 0.3) is 0 Å². The molecule has 0 radical (unpaired) electrons. The van der Waals surface area contributed by atoms with Crippen molar-refractivity contribution in [1.29, 1.82) is 0 Å². The van der Waals surface area contributed by atoms with Crippen LogP contribution in [0.2, 0.25) is 0 Å². The maximum absolute atomic E-state index is 11.1. The Kier molecular flexibility index (Phi) is 2.18. The van der Waals surface area contributed by atoms with Gasteiger partial charge in [0.15, 0.2) is 0 Å². The molecule has 0 aromatic heterocycles. The molecule has 0 aliphatic heterocycles. The fourth-order valence-corrected chi connectivity index (χ4v) is 2.78. The number of hydrogen-bond donors (Lipinski definition) is 1. The summed E-state index contributed by atoms with van der Waals surface area (Å²) in [6.07, 6.45) is 2.16. The smallest absolute Gasteiger partial charge is 0.310 e. The molecule has 2 aromatic carbocycles. The summed E-state index contributed by atoms with van der Waals surface area (Å²) in [7, 11) is 0. The van der Waals surface area contributed by atoms with E-state index in [4.69, 9.17) is 5.11 Å². The van der Waals surface area contributed by atoms with Gasteiger partial charge in [-0.2, -0.15) is 0 Å². The van der Waals surface area contributed by atoms with Gasteiger partial charge in [-0.25, -0.2) is 0 Å². The van der Waals surface area contributed by atoms with E-state index in [1.807, 2.05) is 18.2 Å². The number of aryl methyl sites for hydroxylation is 2. The van der Waals surface area contributed by atoms with Crippen LogP contribution in [0.5, 0.6) is 0 Å². The molecule has 0 fully saturated rings. The second-order valence-electron chi connectivity index (χ2n) is 4.71. The second kappa shape index (κ2) is 3.59. The third-order valence-corrected chi connectivity index (χ3v) is 3.75. The van der Waals surface area contributed by atoms with Crippen LogP contribution in [0, 0.1) is 0 Å². The fraction of sp³-hybridized carbons (Fsp3) is 0.267. The van der Waals surface area contributed by atoms with Crippen molar-refractivity contribution in [1.82, 2.24) is 0 Å².